The summed E-state index contributed by atoms with van der Waals surface area (Å²) in [5.74, 6) is -0.669. The Morgan fingerprint density at radius 3 is 2.48 bits per heavy atom. The van der Waals surface area contributed by atoms with Crippen LogP contribution < -0.4 is 10.5 Å². The number of anilines is 1. The highest BCUT2D eigenvalue weighted by Crippen LogP contribution is 2.26. The maximum atomic E-state index is 11.4. The van der Waals surface area contributed by atoms with Gasteiger partial charge in [-0.3, -0.25) is 25.7 Å². The first-order chi connectivity index (χ1) is 12.9. The fourth-order valence-corrected chi connectivity index (χ4v) is 2.80. The van der Waals surface area contributed by atoms with E-state index in [4.69, 9.17) is 0 Å². The van der Waals surface area contributed by atoms with Gasteiger partial charge in [0.05, 0.1) is 21.8 Å². The zero-order valence-electron chi connectivity index (χ0n) is 13.4. The molecule has 0 amide bonds. The number of nitro benzene ring substituents is 2. The lowest BCUT2D eigenvalue weighted by Crippen LogP contribution is -1.99. The van der Waals surface area contributed by atoms with Gasteiger partial charge in [0.1, 0.15) is 0 Å². The summed E-state index contributed by atoms with van der Waals surface area (Å²) in [7, 11) is 0. The second-order valence-corrected chi connectivity index (χ2v) is 6.05. The van der Waals surface area contributed by atoms with Crippen molar-refractivity contribution in [3.63, 3.8) is 0 Å². The smallest absolute Gasteiger partial charge is 0.269 e. The van der Waals surface area contributed by atoms with E-state index in [1.165, 1.54) is 35.8 Å². The molecule has 10 nitrogen and oxygen atoms in total. The maximum absolute atomic E-state index is 11.4. The van der Waals surface area contributed by atoms with Crippen LogP contribution in [0.5, 0.6) is 5.75 Å². The number of aromatic nitrogens is 1. The highest BCUT2D eigenvalue weighted by Gasteiger charge is 2.09. The van der Waals surface area contributed by atoms with Crippen LogP contribution in [0.15, 0.2) is 52.9 Å². The maximum Gasteiger partial charge on any atom is 0.269 e. The molecule has 3 rings (SSSR count). The van der Waals surface area contributed by atoms with Crippen LogP contribution in [0.1, 0.15) is 5.56 Å². The van der Waals surface area contributed by atoms with E-state index in [0.717, 1.165) is 17.7 Å². The number of non-ortho nitro benzene ring substituents is 1. The molecule has 0 saturated carbocycles. The largest absolute Gasteiger partial charge is 0.868 e. The molecule has 1 heterocycles. The van der Waals surface area contributed by atoms with Crippen LogP contribution in [0.3, 0.4) is 0 Å². The number of hydrogen-bond donors (Lipinski definition) is 1. The first-order valence-corrected chi connectivity index (χ1v) is 8.27. The average Bonchev–Trinajstić information content (AvgIpc) is 3.12. The summed E-state index contributed by atoms with van der Waals surface area (Å²) in [5.41, 5.74) is 3.90. The molecule has 0 bridgehead atoms. The summed E-state index contributed by atoms with van der Waals surface area (Å²) in [6.07, 6.45) is 1.33. The fraction of sp³-hybridized carbons (Fsp3) is 0. The Labute approximate surface area is 155 Å². The molecular weight excluding hydrogens is 374 g/mol. The summed E-state index contributed by atoms with van der Waals surface area (Å²) in [6.45, 7) is 0. The zero-order valence-corrected chi connectivity index (χ0v) is 14.3. The molecule has 136 valence electrons. The zero-order chi connectivity index (χ0) is 19.4. The molecule has 2 aromatic carbocycles. The minimum atomic E-state index is -0.746. The van der Waals surface area contributed by atoms with Crippen molar-refractivity contribution in [1.29, 1.82) is 0 Å². The molecule has 0 spiro atoms. The molecule has 0 aliphatic rings. The Kier molecular flexibility index (Phi) is 5.04. The van der Waals surface area contributed by atoms with E-state index in [1.807, 2.05) is 0 Å². The lowest BCUT2D eigenvalue weighted by molar-refractivity contribution is -0.398. The number of nitrogens with one attached hydrogen (secondary N) is 1. The number of hydrogen-bond acceptors (Lipinski definition) is 9. The first-order valence-electron chi connectivity index (χ1n) is 7.39. The molecular formula is C16H10N5O5S-. The van der Waals surface area contributed by atoms with Crippen molar-refractivity contribution in [2.45, 2.75) is 0 Å². The molecule has 3 aromatic rings. The van der Waals surface area contributed by atoms with E-state index < -0.39 is 21.3 Å². The number of hydrazone groups is 1. The van der Waals surface area contributed by atoms with Crippen molar-refractivity contribution < 1.29 is 15.0 Å². The fourth-order valence-electron chi connectivity index (χ4n) is 2.13. The number of thiazole rings is 1. The standard InChI is InChI=1S/C16H11N5O5S/c22-15-6-1-10(7-14(15)21(25)26)8-17-19-16-18-13(9-27-16)11-2-4-12(5-3-11)20(23)24/h1-9,22H,(H,18,19)/p-1. The summed E-state index contributed by atoms with van der Waals surface area (Å²) in [5, 5.41) is 39.0. The van der Waals surface area contributed by atoms with Gasteiger partial charge >= 0.3 is 0 Å². The van der Waals surface area contributed by atoms with Gasteiger partial charge in [-0.15, -0.1) is 11.3 Å². The van der Waals surface area contributed by atoms with Crippen LogP contribution in [0.2, 0.25) is 0 Å². The number of rotatable bonds is 6. The number of nitrogens with zero attached hydrogens (tertiary/aromatic N) is 4. The predicted molar refractivity (Wildman–Crippen MR) is 98.0 cm³/mol. The average molecular weight is 384 g/mol. The van der Waals surface area contributed by atoms with Crippen molar-refractivity contribution in [3.05, 3.63) is 73.6 Å². The van der Waals surface area contributed by atoms with Gasteiger partial charge in [0.15, 0.2) is 0 Å². The molecule has 0 aliphatic carbocycles. The molecule has 0 radical (unpaired) electrons. The minimum absolute atomic E-state index is 0.00452. The highest BCUT2D eigenvalue weighted by atomic mass is 32.1. The minimum Gasteiger partial charge on any atom is -0.868 e. The van der Waals surface area contributed by atoms with Crippen molar-refractivity contribution in [2.75, 3.05) is 5.43 Å². The van der Waals surface area contributed by atoms with Crippen LogP contribution in [-0.2, 0) is 0 Å². The Hall–Kier alpha value is -3.86. The first kappa shape index (κ1) is 17.9. The molecule has 0 unspecified atom stereocenters. The molecule has 0 atom stereocenters. The monoisotopic (exact) mass is 384 g/mol. The van der Waals surface area contributed by atoms with Gasteiger partial charge in [-0.1, -0.05) is 12.1 Å². The summed E-state index contributed by atoms with van der Waals surface area (Å²) in [6, 6.07) is 9.66. The van der Waals surface area contributed by atoms with Gasteiger partial charge < -0.3 is 5.11 Å². The van der Waals surface area contributed by atoms with Crippen LogP contribution >= 0.6 is 11.3 Å². The third kappa shape index (κ3) is 4.22. The number of nitro groups is 2. The molecule has 0 fully saturated rings. The molecule has 0 saturated heterocycles. The van der Waals surface area contributed by atoms with Crippen molar-refractivity contribution >= 4 is 34.1 Å². The van der Waals surface area contributed by atoms with Gasteiger partial charge in [0.2, 0.25) is 5.13 Å². The van der Waals surface area contributed by atoms with Crippen LogP contribution in [0.4, 0.5) is 16.5 Å². The quantitative estimate of drug-likeness (QED) is 0.390. The highest BCUT2D eigenvalue weighted by molar-refractivity contribution is 7.14. The van der Waals surface area contributed by atoms with Crippen molar-refractivity contribution in [2.24, 2.45) is 5.10 Å². The van der Waals surface area contributed by atoms with Crippen molar-refractivity contribution in [1.82, 2.24) is 4.98 Å². The van der Waals surface area contributed by atoms with E-state index in [-0.39, 0.29) is 5.69 Å². The van der Waals surface area contributed by atoms with Gasteiger partial charge in [0, 0.05) is 34.7 Å². The third-order valence-corrected chi connectivity index (χ3v) is 4.18. The lowest BCUT2D eigenvalue weighted by atomic mass is 10.1. The third-order valence-electron chi connectivity index (χ3n) is 3.43. The van der Waals surface area contributed by atoms with E-state index in [2.05, 4.69) is 15.5 Å². The SMILES string of the molecule is O=[N+]([O-])c1ccc(-c2csc(NN=Cc3ccc([O-])c([N+](=O)[O-])c3)n2)cc1. The molecule has 27 heavy (non-hydrogen) atoms. The van der Waals surface area contributed by atoms with E-state index >= 15 is 0 Å². The Balaban J connectivity index is 1.69. The predicted octanol–water partition coefficient (Wildman–Crippen LogP) is 3.15. The molecule has 11 heteroatoms. The Morgan fingerprint density at radius 2 is 1.81 bits per heavy atom. The van der Waals surface area contributed by atoms with Crippen molar-refractivity contribution in [3.8, 4) is 17.0 Å². The van der Waals surface area contributed by atoms with Crippen LogP contribution in [0, 0.1) is 20.2 Å². The molecule has 1 N–H and O–H groups in total. The van der Waals surface area contributed by atoms with E-state index in [0.29, 0.717) is 16.4 Å². The summed E-state index contributed by atoms with van der Waals surface area (Å²) >= 11 is 1.27. The van der Waals surface area contributed by atoms with Gasteiger partial charge in [-0.05, 0) is 17.9 Å². The van der Waals surface area contributed by atoms with Gasteiger partial charge in [-0.25, -0.2) is 4.98 Å². The van der Waals surface area contributed by atoms with Crippen LogP contribution in [0.25, 0.3) is 11.3 Å². The van der Waals surface area contributed by atoms with E-state index in [1.54, 1.807) is 17.5 Å². The van der Waals surface area contributed by atoms with Crippen LogP contribution in [-0.4, -0.2) is 21.0 Å². The lowest BCUT2D eigenvalue weighted by Gasteiger charge is -2.05. The summed E-state index contributed by atoms with van der Waals surface area (Å²) in [4.78, 5) is 24.5. The van der Waals surface area contributed by atoms with E-state index in [9.17, 15) is 25.3 Å². The van der Waals surface area contributed by atoms with Gasteiger partial charge in [0.25, 0.3) is 11.4 Å². The Bertz CT molecular complexity index is 1030. The second-order valence-electron chi connectivity index (χ2n) is 5.20. The van der Waals surface area contributed by atoms with Gasteiger partial charge in [-0.2, -0.15) is 5.10 Å². The topological polar surface area (TPSA) is 147 Å². The Morgan fingerprint density at radius 1 is 1.07 bits per heavy atom. The molecule has 1 aromatic heterocycles. The molecule has 0 aliphatic heterocycles. The second kappa shape index (κ2) is 7.58. The normalized spacial score (nSPS) is 10.8. The number of benzene rings is 2. The summed E-state index contributed by atoms with van der Waals surface area (Å²) < 4.78 is 0.